The second-order valence-corrected chi connectivity index (χ2v) is 5.01. The molecule has 8 heteroatoms. The lowest BCUT2D eigenvalue weighted by atomic mass is 10.2. The SMILES string of the molecule is CSC(CO)C(C)Nc1c(F)cc([N+](=O)[O-])cc1F. The normalized spacial score (nSPS) is 13.9. The van der Waals surface area contributed by atoms with Crippen LogP contribution in [0.5, 0.6) is 0 Å². The maximum Gasteiger partial charge on any atom is 0.275 e. The van der Waals surface area contributed by atoms with Gasteiger partial charge in [-0.1, -0.05) is 0 Å². The van der Waals surface area contributed by atoms with E-state index in [1.165, 1.54) is 11.8 Å². The molecular formula is C11H14F2N2O3S. The molecule has 0 amide bonds. The van der Waals surface area contributed by atoms with Crippen molar-refractivity contribution in [1.82, 2.24) is 0 Å². The first kappa shape index (κ1) is 15.6. The highest BCUT2D eigenvalue weighted by Crippen LogP contribution is 2.26. The lowest BCUT2D eigenvalue weighted by Gasteiger charge is -2.22. The Labute approximate surface area is 113 Å². The van der Waals surface area contributed by atoms with Crippen molar-refractivity contribution < 1.29 is 18.8 Å². The highest BCUT2D eigenvalue weighted by atomic mass is 32.2. The number of hydrogen-bond donors (Lipinski definition) is 2. The van der Waals surface area contributed by atoms with E-state index in [-0.39, 0.29) is 11.9 Å². The van der Waals surface area contributed by atoms with E-state index in [1.54, 1.807) is 13.2 Å². The largest absolute Gasteiger partial charge is 0.395 e. The number of nitrogens with one attached hydrogen (secondary N) is 1. The number of nitro benzene ring substituents is 1. The highest BCUT2D eigenvalue weighted by Gasteiger charge is 2.21. The van der Waals surface area contributed by atoms with Gasteiger partial charge in [-0.05, 0) is 13.2 Å². The predicted octanol–water partition coefficient (Wildman–Crippen LogP) is 2.40. The van der Waals surface area contributed by atoms with Crippen molar-refractivity contribution in [2.45, 2.75) is 18.2 Å². The van der Waals surface area contributed by atoms with Gasteiger partial charge >= 0.3 is 0 Å². The van der Waals surface area contributed by atoms with Crippen molar-refractivity contribution in [3.8, 4) is 0 Å². The summed E-state index contributed by atoms with van der Waals surface area (Å²) >= 11 is 1.35. The predicted molar refractivity (Wildman–Crippen MR) is 70.5 cm³/mol. The molecule has 0 aliphatic heterocycles. The summed E-state index contributed by atoms with van der Waals surface area (Å²) in [5, 5.41) is 21.9. The Kier molecular flexibility index (Phi) is 5.49. The Morgan fingerprint density at radius 1 is 1.47 bits per heavy atom. The molecule has 0 heterocycles. The molecule has 1 aromatic carbocycles. The number of anilines is 1. The Bertz CT molecular complexity index is 446. The molecule has 0 saturated carbocycles. The minimum Gasteiger partial charge on any atom is -0.395 e. The van der Waals surface area contributed by atoms with Crippen LogP contribution in [-0.2, 0) is 0 Å². The maximum atomic E-state index is 13.6. The molecule has 0 saturated heterocycles. The van der Waals surface area contributed by atoms with E-state index < -0.39 is 34.0 Å². The van der Waals surface area contributed by atoms with Crippen molar-refractivity contribution >= 4 is 23.1 Å². The first-order valence-electron chi connectivity index (χ1n) is 5.44. The van der Waals surface area contributed by atoms with Gasteiger partial charge in [-0.3, -0.25) is 10.1 Å². The van der Waals surface area contributed by atoms with Crippen LogP contribution in [0.25, 0.3) is 0 Å². The smallest absolute Gasteiger partial charge is 0.275 e. The molecule has 2 unspecified atom stereocenters. The molecule has 0 aliphatic rings. The van der Waals surface area contributed by atoms with Gasteiger partial charge in [0.05, 0.1) is 23.7 Å². The number of non-ortho nitro benzene ring substituents is 1. The summed E-state index contributed by atoms with van der Waals surface area (Å²) in [4.78, 5) is 9.59. The minimum atomic E-state index is -1.03. The van der Waals surface area contributed by atoms with Gasteiger partial charge in [0.25, 0.3) is 5.69 Å². The monoisotopic (exact) mass is 292 g/mol. The third-order valence-corrected chi connectivity index (χ3v) is 3.81. The van der Waals surface area contributed by atoms with Crippen LogP contribution in [0.2, 0.25) is 0 Å². The number of halogens is 2. The molecule has 1 aromatic rings. The van der Waals surface area contributed by atoms with Crippen LogP contribution in [0.3, 0.4) is 0 Å². The number of thioether (sulfide) groups is 1. The summed E-state index contributed by atoms with van der Waals surface area (Å²) < 4.78 is 27.3. The highest BCUT2D eigenvalue weighted by molar-refractivity contribution is 7.99. The van der Waals surface area contributed by atoms with Crippen molar-refractivity contribution in [1.29, 1.82) is 0 Å². The molecule has 0 aliphatic carbocycles. The summed E-state index contributed by atoms with van der Waals surface area (Å²) in [6.45, 7) is 1.52. The summed E-state index contributed by atoms with van der Waals surface area (Å²) in [5.74, 6) is -2.06. The lowest BCUT2D eigenvalue weighted by molar-refractivity contribution is -0.385. The molecule has 19 heavy (non-hydrogen) atoms. The van der Waals surface area contributed by atoms with Gasteiger partial charge in [-0.25, -0.2) is 8.78 Å². The first-order valence-corrected chi connectivity index (χ1v) is 6.73. The minimum absolute atomic E-state index is 0.147. The number of nitro groups is 1. The summed E-state index contributed by atoms with van der Waals surface area (Å²) in [5.41, 5.74) is -1.07. The Morgan fingerprint density at radius 3 is 2.37 bits per heavy atom. The quantitative estimate of drug-likeness (QED) is 0.622. The molecule has 0 radical (unpaired) electrons. The van der Waals surface area contributed by atoms with Crippen molar-refractivity contribution in [2.75, 3.05) is 18.2 Å². The van der Waals surface area contributed by atoms with E-state index in [0.717, 1.165) is 0 Å². The average Bonchev–Trinajstić information content (AvgIpc) is 2.34. The van der Waals surface area contributed by atoms with Crippen molar-refractivity contribution in [3.05, 3.63) is 33.9 Å². The summed E-state index contributed by atoms with van der Waals surface area (Å²) in [6, 6.07) is 0.918. The molecule has 5 nitrogen and oxygen atoms in total. The van der Waals surface area contributed by atoms with Crippen LogP contribution in [0.4, 0.5) is 20.2 Å². The van der Waals surface area contributed by atoms with Gasteiger partial charge in [-0.15, -0.1) is 0 Å². The third kappa shape index (κ3) is 3.77. The molecule has 2 N–H and O–H groups in total. The van der Waals surface area contributed by atoms with Crippen LogP contribution in [0, 0.1) is 21.7 Å². The zero-order valence-corrected chi connectivity index (χ0v) is 11.2. The molecular weight excluding hydrogens is 278 g/mol. The van der Waals surface area contributed by atoms with E-state index in [2.05, 4.69) is 5.32 Å². The topological polar surface area (TPSA) is 75.4 Å². The standard InChI is InChI=1S/C11H14F2N2O3S/c1-6(10(5-16)19-2)14-11-8(12)3-7(15(17)18)4-9(11)13/h3-4,6,10,14,16H,5H2,1-2H3. The Balaban J connectivity index is 2.99. The van der Waals surface area contributed by atoms with Gasteiger partial charge in [0.1, 0.15) is 5.69 Å². The molecule has 106 valence electrons. The number of benzene rings is 1. The lowest BCUT2D eigenvalue weighted by Crippen LogP contribution is -2.31. The van der Waals surface area contributed by atoms with Gasteiger partial charge in [0.2, 0.25) is 0 Å². The fourth-order valence-electron chi connectivity index (χ4n) is 1.56. The molecule has 0 aromatic heterocycles. The fourth-order valence-corrected chi connectivity index (χ4v) is 2.19. The fraction of sp³-hybridized carbons (Fsp3) is 0.455. The third-order valence-electron chi connectivity index (χ3n) is 2.65. The Hall–Kier alpha value is -1.41. The Morgan fingerprint density at radius 2 is 2.00 bits per heavy atom. The van der Waals surface area contributed by atoms with Crippen LogP contribution < -0.4 is 5.32 Å². The van der Waals surface area contributed by atoms with E-state index in [9.17, 15) is 18.9 Å². The first-order chi connectivity index (χ1) is 8.90. The zero-order chi connectivity index (χ0) is 14.6. The number of aliphatic hydroxyl groups excluding tert-OH is 1. The number of rotatable bonds is 6. The van der Waals surface area contributed by atoms with E-state index >= 15 is 0 Å². The van der Waals surface area contributed by atoms with E-state index in [4.69, 9.17) is 5.11 Å². The van der Waals surface area contributed by atoms with Gasteiger partial charge < -0.3 is 10.4 Å². The molecule has 0 spiro atoms. The van der Waals surface area contributed by atoms with Crippen LogP contribution >= 0.6 is 11.8 Å². The zero-order valence-electron chi connectivity index (χ0n) is 10.4. The molecule has 0 bridgehead atoms. The van der Waals surface area contributed by atoms with Crippen LogP contribution in [0.15, 0.2) is 12.1 Å². The molecule has 1 rings (SSSR count). The van der Waals surface area contributed by atoms with E-state index in [1.807, 2.05) is 0 Å². The number of aliphatic hydroxyl groups is 1. The molecule has 2 atom stereocenters. The maximum absolute atomic E-state index is 13.6. The summed E-state index contributed by atoms with van der Waals surface area (Å²) in [6.07, 6.45) is 1.77. The van der Waals surface area contributed by atoms with Crippen molar-refractivity contribution in [2.24, 2.45) is 0 Å². The van der Waals surface area contributed by atoms with Crippen LogP contribution in [-0.4, -0.2) is 34.2 Å². The van der Waals surface area contributed by atoms with E-state index in [0.29, 0.717) is 12.1 Å². The van der Waals surface area contributed by atoms with Crippen LogP contribution in [0.1, 0.15) is 6.92 Å². The van der Waals surface area contributed by atoms with Crippen molar-refractivity contribution in [3.63, 3.8) is 0 Å². The number of nitrogens with zero attached hydrogens (tertiary/aromatic N) is 1. The molecule has 0 fully saturated rings. The van der Waals surface area contributed by atoms with Gasteiger partial charge in [0, 0.05) is 11.3 Å². The summed E-state index contributed by atoms with van der Waals surface area (Å²) in [7, 11) is 0. The average molecular weight is 292 g/mol. The van der Waals surface area contributed by atoms with Gasteiger partial charge in [0.15, 0.2) is 11.6 Å². The second kappa shape index (κ2) is 6.67. The number of hydrogen-bond acceptors (Lipinski definition) is 5. The second-order valence-electron chi connectivity index (χ2n) is 3.93. The van der Waals surface area contributed by atoms with Gasteiger partial charge in [-0.2, -0.15) is 11.8 Å².